The Morgan fingerprint density at radius 3 is 2.12 bits per heavy atom. The zero-order chi connectivity index (χ0) is 12.5. The first-order chi connectivity index (χ1) is 8.24. The first-order valence-electron chi connectivity index (χ1n) is 6.75. The van der Waals surface area contributed by atoms with Crippen LogP contribution < -0.4 is 0 Å². The second-order valence-corrected chi connectivity index (χ2v) is 4.69. The Morgan fingerprint density at radius 1 is 0.824 bits per heavy atom. The molecule has 1 aromatic rings. The summed E-state index contributed by atoms with van der Waals surface area (Å²) in [5, 5.41) is 18.5. The van der Waals surface area contributed by atoms with Crippen molar-refractivity contribution in [3.8, 4) is 11.5 Å². The quantitative estimate of drug-likeness (QED) is 0.519. The molecule has 96 valence electrons. The number of phenols is 2. The van der Waals surface area contributed by atoms with Crippen LogP contribution >= 0.6 is 0 Å². The molecule has 0 spiro atoms. The van der Waals surface area contributed by atoms with Crippen molar-refractivity contribution in [3.63, 3.8) is 0 Å². The molecule has 0 aromatic heterocycles. The smallest absolute Gasteiger partial charge is 0.157 e. The number of hydrogen-bond acceptors (Lipinski definition) is 2. The van der Waals surface area contributed by atoms with Crippen molar-refractivity contribution in [1.29, 1.82) is 0 Å². The van der Waals surface area contributed by atoms with E-state index in [0.717, 1.165) is 18.4 Å². The lowest BCUT2D eigenvalue weighted by molar-refractivity contribution is 0.403. The van der Waals surface area contributed by atoms with Crippen LogP contribution in [0.25, 0.3) is 0 Å². The molecule has 0 saturated heterocycles. The minimum absolute atomic E-state index is 0.00885. The molecular formula is C15H24O2. The molecule has 0 heterocycles. The minimum Gasteiger partial charge on any atom is -0.504 e. The van der Waals surface area contributed by atoms with E-state index in [9.17, 15) is 10.2 Å². The van der Waals surface area contributed by atoms with Crippen LogP contribution in [0.15, 0.2) is 18.2 Å². The van der Waals surface area contributed by atoms with Gasteiger partial charge in [0.2, 0.25) is 0 Å². The van der Waals surface area contributed by atoms with E-state index in [0.29, 0.717) is 0 Å². The number of benzene rings is 1. The van der Waals surface area contributed by atoms with Crippen molar-refractivity contribution in [2.24, 2.45) is 0 Å². The van der Waals surface area contributed by atoms with Crippen molar-refractivity contribution in [2.75, 3.05) is 0 Å². The molecule has 2 nitrogen and oxygen atoms in total. The molecule has 0 unspecified atom stereocenters. The van der Waals surface area contributed by atoms with Crippen molar-refractivity contribution >= 4 is 0 Å². The minimum atomic E-state index is -0.0340. The first kappa shape index (κ1) is 13.9. The number of unbranched alkanes of at least 4 members (excludes halogenated alkanes) is 6. The highest BCUT2D eigenvalue weighted by atomic mass is 16.3. The normalized spacial score (nSPS) is 10.6. The summed E-state index contributed by atoms with van der Waals surface area (Å²) in [6, 6.07) is 5.10. The van der Waals surface area contributed by atoms with Gasteiger partial charge in [-0.25, -0.2) is 0 Å². The zero-order valence-corrected chi connectivity index (χ0v) is 10.8. The fourth-order valence-electron chi connectivity index (χ4n) is 2.01. The van der Waals surface area contributed by atoms with Gasteiger partial charge in [0, 0.05) is 0 Å². The summed E-state index contributed by atoms with van der Waals surface area (Å²) in [6.45, 7) is 2.23. The van der Waals surface area contributed by atoms with Crippen LogP contribution in [0, 0.1) is 0 Å². The molecule has 0 fully saturated rings. The lowest BCUT2D eigenvalue weighted by Crippen LogP contribution is -1.86. The Morgan fingerprint density at radius 2 is 1.47 bits per heavy atom. The summed E-state index contributed by atoms with van der Waals surface area (Å²) < 4.78 is 0. The average Bonchev–Trinajstić information content (AvgIpc) is 2.32. The number of aryl methyl sites for hydroxylation is 1. The maximum atomic E-state index is 9.35. The van der Waals surface area contributed by atoms with Crippen molar-refractivity contribution in [2.45, 2.75) is 58.3 Å². The molecule has 0 bridgehead atoms. The first-order valence-corrected chi connectivity index (χ1v) is 6.75. The fraction of sp³-hybridized carbons (Fsp3) is 0.600. The highest BCUT2D eigenvalue weighted by Crippen LogP contribution is 2.25. The molecule has 0 atom stereocenters. The molecule has 0 radical (unpaired) electrons. The highest BCUT2D eigenvalue weighted by Gasteiger charge is 2.00. The number of rotatable bonds is 8. The molecule has 0 amide bonds. The third-order valence-electron chi connectivity index (χ3n) is 3.11. The molecule has 2 heteroatoms. The monoisotopic (exact) mass is 236 g/mol. The second-order valence-electron chi connectivity index (χ2n) is 4.69. The van der Waals surface area contributed by atoms with E-state index in [1.54, 1.807) is 12.1 Å². The van der Waals surface area contributed by atoms with Gasteiger partial charge in [-0.05, 0) is 30.5 Å². The van der Waals surface area contributed by atoms with Crippen LogP contribution in [0.4, 0.5) is 0 Å². The summed E-state index contributed by atoms with van der Waals surface area (Å²) in [5.74, 6) is -0.0428. The van der Waals surface area contributed by atoms with Crippen LogP contribution in [0.5, 0.6) is 11.5 Å². The Labute approximate surface area is 104 Å². The number of hydrogen-bond donors (Lipinski definition) is 2. The van der Waals surface area contributed by atoms with Crippen molar-refractivity contribution < 1.29 is 10.2 Å². The number of phenolic OH excluding ortho intramolecular Hbond substituents is 2. The van der Waals surface area contributed by atoms with Gasteiger partial charge >= 0.3 is 0 Å². The molecule has 0 aliphatic rings. The van der Waals surface area contributed by atoms with E-state index in [1.807, 2.05) is 6.07 Å². The van der Waals surface area contributed by atoms with E-state index in [2.05, 4.69) is 6.92 Å². The topological polar surface area (TPSA) is 40.5 Å². The van der Waals surface area contributed by atoms with E-state index in [1.165, 1.54) is 38.5 Å². The third-order valence-corrected chi connectivity index (χ3v) is 3.11. The van der Waals surface area contributed by atoms with Gasteiger partial charge in [0.25, 0.3) is 0 Å². The van der Waals surface area contributed by atoms with Gasteiger partial charge < -0.3 is 10.2 Å². The fourth-order valence-corrected chi connectivity index (χ4v) is 2.01. The van der Waals surface area contributed by atoms with Crippen LogP contribution in [-0.4, -0.2) is 10.2 Å². The standard InChI is InChI=1S/C15H24O2/c1-2-3-4-5-6-7-8-9-13-10-11-14(16)15(17)12-13/h10-12,16-17H,2-9H2,1H3. The van der Waals surface area contributed by atoms with E-state index < -0.39 is 0 Å². The molecule has 2 N–H and O–H groups in total. The Bertz CT molecular complexity index is 321. The van der Waals surface area contributed by atoms with Gasteiger partial charge in [0.15, 0.2) is 11.5 Å². The van der Waals surface area contributed by atoms with Crippen molar-refractivity contribution in [3.05, 3.63) is 23.8 Å². The van der Waals surface area contributed by atoms with Gasteiger partial charge in [-0.2, -0.15) is 0 Å². The van der Waals surface area contributed by atoms with Crippen molar-refractivity contribution in [1.82, 2.24) is 0 Å². The largest absolute Gasteiger partial charge is 0.504 e. The summed E-state index contributed by atoms with van der Waals surface area (Å²) in [5.41, 5.74) is 1.11. The summed E-state index contributed by atoms with van der Waals surface area (Å²) in [7, 11) is 0. The molecule has 1 rings (SSSR count). The molecule has 0 aliphatic heterocycles. The third kappa shape index (κ3) is 5.62. The predicted octanol–water partition coefficient (Wildman–Crippen LogP) is 4.39. The molecular weight excluding hydrogens is 212 g/mol. The van der Waals surface area contributed by atoms with Gasteiger partial charge in [-0.15, -0.1) is 0 Å². The van der Waals surface area contributed by atoms with Gasteiger partial charge in [-0.3, -0.25) is 0 Å². The average molecular weight is 236 g/mol. The Balaban J connectivity index is 2.11. The van der Waals surface area contributed by atoms with Crippen LogP contribution in [0.3, 0.4) is 0 Å². The Hall–Kier alpha value is -1.18. The second kappa shape index (κ2) is 7.99. The van der Waals surface area contributed by atoms with Crippen LogP contribution in [0.1, 0.15) is 57.4 Å². The summed E-state index contributed by atoms with van der Waals surface area (Å²) in [6.07, 6.45) is 10.1. The van der Waals surface area contributed by atoms with E-state index >= 15 is 0 Å². The maximum absolute atomic E-state index is 9.35. The van der Waals surface area contributed by atoms with E-state index in [-0.39, 0.29) is 11.5 Å². The maximum Gasteiger partial charge on any atom is 0.157 e. The zero-order valence-electron chi connectivity index (χ0n) is 10.8. The lowest BCUT2D eigenvalue weighted by Gasteiger charge is -2.04. The Kier molecular flexibility index (Phi) is 6.53. The molecule has 1 aromatic carbocycles. The molecule has 0 aliphatic carbocycles. The highest BCUT2D eigenvalue weighted by molar-refractivity contribution is 5.40. The summed E-state index contributed by atoms with van der Waals surface area (Å²) >= 11 is 0. The van der Waals surface area contributed by atoms with Gasteiger partial charge in [0.1, 0.15) is 0 Å². The lowest BCUT2D eigenvalue weighted by atomic mass is 10.0. The SMILES string of the molecule is CCCCCCCCCc1ccc(O)c(O)c1. The summed E-state index contributed by atoms with van der Waals surface area (Å²) in [4.78, 5) is 0. The van der Waals surface area contributed by atoms with Gasteiger partial charge in [-0.1, -0.05) is 51.5 Å². The van der Waals surface area contributed by atoms with Crippen LogP contribution in [-0.2, 0) is 6.42 Å². The molecule has 17 heavy (non-hydrogen) atoms. The number of aromatic hydroxyl groups is 2. The predicted molar refractivity (Wildman–Crippen MR) is 71.5 cm³/mol. The molecule has 0 saturated carbocycles. The van der Waals surface area contributed by atoms with E-state index in [4.69, 9.17) is 0 Å². The van der Waals surface area contributed by atoms with Gasteiger partial charge in [0.05, 0.1) is 0 Å². The van der Waals surface area contributed by atoms with Crippen LogP contribution in [0.2, 0.25) is 0 Å².